The maximum Gasteiger partial charge on any atom is 0.257 e. The lowest BCUT2D eigenvalue weighted by atomic mass is 10.1. The minimum Gasteiger partial charge on any atom is -0.466 e. The molecule has 2 heterocycles. The van der Waals surface area contributed by atoms with Gasteiger partial charge in [-0.25, -0.2) is 0 Å². The molecule has 1 atom stereocenters. The lowest BCUT2D eigenvalue weighted by Gasteiger charge is -2.26. The van der Waals surface area contributed by atoms with Crippen molar-refractivity contribution in [1.82, 2.24) is 10.2 Å². The molecule has 0 spiro atoms. The molecule has 1 amide bonds. The van der Waals surface area contributed by atoms with Gasteiger partial charge in [-0.1, -0.05) is 12.1 Å². The summed E-state index contributed by atoms with van der Waals surface area (Å²) >= 11 is 5.37. The van der Waals surface area contributed by atoms with E-state index in [4.69, 9.17) is 27.4 Å². The highest BCUT2D eigenvalue weighted by Gasteiger charge is 2.25. The lowest BCUT2D eigenvalue weighted by Crippen LogP contribution is -2.41. The Bertz CT molecular complexity index is 949. The molecular weight excluding hydrogens is 438 g/mol. The number of para-hydroxylation sites is 2. The minimum atomic E-state index is -0.185. The molecule has 4 N–H and O–H groups in total. The quantitative estimate of drug-likeness (QED) is 0.420. The number of nitrogen functional groups attached to an aromatic ring is 1. The summed E-state index contributed by atoms with van der Waals surface area (Å²) in [6.45, 7) is 6.87. The molecule has 1 unspecified atom stereocenters. The van der Waals surface area contributed by atoms with Crippen molar-refractivity contribution in [3.63, 3.8) is 0 Å². The zero-order valence-electron chi connectivity index (χ0n) is 18.7. The zero-order valence-corrected chi connectivity index (χ0v) is 19.5. The average molecular weight is 470 g/mol. The van der Waals surface area contributed by atoms with Gasteiger partial charge in [0, 0.05) is 50.4 Å². The van der Waals surface area contributed by atoms with E-state index >= 15 is 0 Å². The van der Waals surface area contributed by atoms with Crippen molar-refractivity contribution >= 4 is 40.4 Å². The van der Waals surface area contributed by atoms with E-state index in [1.807, 2.05) is 36.4 Å². The number of morpholine rings is 1. The number of carbonyl (C=O) groups excluding carboxylic acids is 1. The Morgan fingerprint density at radius 2 is 1.88 bits per heavy atom. The highest BCUT2D eigenvalue weighted by molar-refractivity contribution is 7.80. The third kappa shape index (κ3) is 6.56. The fourth-order valence-electron chi connectivity index (χ4n) is 4.02. The number of thiocarbonyl (C=S) groups is 1. The third-order valence-electron chi connectivity index (χ3n) is 5.92. The van der Waals surface area contributed by atoms with Crippen molar-refractivity contribution in [2.24, 2.45) is 0 Å². The number of nitrogens with one attached hydrogen (secondary N) is 2. The summed E-state index contributed by atoms with van der Waals surface area (Å²) in [7, 11) is 0. The summed E-state index contributed by atoms with van der Waals surface area (Å²) in [6.07, 6.45) is 0.957. The van der Waals surface area contributed by atoms with Crippen LogP contribution in [0.25, 0.3) is 0 Å². The second kappa shape index (κ2) is 11.3. The Kier molecular flexibility index (Phi) is 7.98. The van der Waals surface area contributed by atoms with Crippen molar-refractivity contribution in [3.8, 4) is 0 Å². The molecule has 2 aliphatic heterocycles. The monoisotopic (exact) mass is 469 g/mol. The van der Waals surface area contributed by atoms with Crippen LogP contribution >= 0.6 is 12.2 Å². The number of benzene rings is 2. The molecule has 0 aromatic heterocycles. The van der Waals surface area contributed by atoms with Gasteiger partial charge in [0.15, 0.2) is 0 Å². The molecule has 2 fully saturated rings. The molecule has 33 heavy (non-hydrogen) atoms. The molecule has 2 aromatic rings. The van der Waals surface area contributed by atoms with Crippen LogP contribution in [-0.2, 0) is 9.47 Å². The van der Waals surface area contributed by atoms with E-state index in [1.165, 1.54) is 0 Å². The summed E-state index contributed by atoms with van der Waals surface area (Å²) in [6, 6.07) is 14.8. The Morgan fingerprint density at radius 3 is 2.64 bits per heavy atom. The summed E-state index contributed by atoms with van der Waals surface area (Å²) in [5.41, 5.74) is 8.70. The molecule has 176 valence electrons. The number of hydrogen-bond acceptors (Lipinski definition) is 7. The fourth-order valence-corrected chi connectivity index (χ4v) is 4.26. The van der Waals surface area contributed by atoms with E-state index < -0.39 is 0 Å². The molecule has 0 saturated carbocycles. The van der Waals surface area contributed by atoms with Crippen molar-refractivity contribution in [1.29, 1.82) is 0 Å². The van der Waals surface area contributed by atoms with Crippen LogP contribution in [0.15, 0.2) is 48.5 Å². The normalized spacial score (nSPS) is 18.7. The Hall–Kier alpha value is -2.88. The highest BCUT2D eigenvalue weighted by Crippen LogP contribution is 2.23. The molecule has 2 aromatic carbocycles. The summed E-state index contributed by atoms with van der Waals surface area (Å²) < 4.78 is 11.3. The van der Waals surface area contributed by atoms with Gasteiger partial charge in [-0.15, -0.1) is 0 Å². The third-order valence-corrected chi connectivity index (χ3v) is 6.16. The Labute approximate surface area is 200 Å². The number of carbonyl (C=O) groups is 1. The van der Waals surface area contributed by atoms with Crippen LogP contribution in [0.3, 0.4) is 0 Å². The molecule has 0 bridgehead atoms. The van der Waals surface area contributed by atoms with E-state index in [-0.39, 0.29) is 12.0 Å². The zero-order chi connectivity index (χ0) is 23.0. The molecule has 4 rings (SSSR count). The second-order valence-corrected chi connectivity index (χ2v) is 8.60. The Balaban J connectivity index is 1.21. The van der Waals surface area contributed by atoms with Crippen LogP contribution < -0.4 is 21.3 Å². The highest BCUT2D eigenvalue weighted by atomic mass is 32.1. The van der Waals surface area contributed by atoms with Gasteiger partial charge in [0.05, 0.1) is 31.1 Å². The maximum absolute atomic E-state index is 12.5. The van der Waals surface area contributed by atoms with Crippen molar-refractivity contribution in [2.75, 3.05) is 68.4 Å². The van der Waals surface area contributed by atoms with Crippen molar-refractivity contribution in [3.05, 3.63) is 54.1 Å². The van der Waals surface area contributed by atoms with Crippen LogP contribution in [0.2, 0.25) is 0 Å². The van der Waals surface area contributed by atoms with Gasteiger partial charge in [0.25, 0.3) is 11.1 Å². The van der Waals surface area contributed by atoms with Crippen LogP contribution in [0.5, 0.6) is 0 Å². The average Bonchev–Trinajstić information content (AvgIpc) is 3.29. The first-order chi connectivity index (χ1) is 16.1. The van der Waals surface area contributed by atoms with Gasteiger partial charge in [-0.05, 0) is 48.6 Å². The number of nitrogens with zero attached hydrogens (tertiary/aromatic N) is 2. The Morgan fingerprint density at radius 1 is 1.12 bits per heavy atom. The predicted molar refractivity (Wildman–Crippen MR) is 135 cm³/mol. The molecule has 0 aliphatic carbocycles. The summed E-state index contributed by atoms with van der Waals surface area (Å²) in [5.74, 6) is -0.185. The number of rotatable bonds is 7. The van der Waals surface area contributed by atoms with Crippen LogP contribution in [-0.4, -0.2) is 74.6 Å². The van der Waals surface area contributed by atoms with Crippen molar-refractivity contribution < 1.29 is 14.3 Å². The number of amides is 1. The van der Waals surface area contributed by atoms with Crippen molar-refractivity contribution in [2.45, 2.75) is 12.5 Å². The fraction of sp³-hybridized carbons (Fsp3) is 0.417. The van der Waals surface area contributed by atoms with Crippen LogP contribution in [0, 0.1) is 0 Å². The molecule has 2 saturated heterocycles. The summed E-state index contributed by atoms with van der Waals surface area (Å²) in [4.78, 5) is 17.1. The van der Waals surface area contributed by atoms with E-state index in [2.05, 4.69) is 20.4 Å². The van der Waals surface area contributed by atoms with E-state index in [1.54, 1.807) is 12.1 Å². The molecule has 8 nitrogen and oxygen atoms in total. The maximum atomic E-state index is 12.5. The molecular formula is C24H31N5O3S. The molecule has 9 heteroatoms. The standard InChI is InChI=1S/C24H31N5O3S/c25-21-3-1-2-4-22(21)27-23(30)18-5-7-19(8-6-18)29-11-9-20(17-29)32-24(33)26-10-12-28-13-15-31-16-14-28/h1-8,20H,9-17,25H2,(H,26,33)(H,27,30). The second-order valence-electron chi connectivity index (χ2n) is 8.23. The molecule has 0 radical (unpaired) electrons. The first kappa shape index (κ1) is 23.3. The smallest absolute Gasteiger partial charge is 0.257 e. The van der Waals surface area contributed by atoms with Crippen LogP contribution in [0.4, 0.5) is 17.1 Å². The van der Waals surface area contributed by atoms with Gasteiger partial charge in [-0.3, -0.25) is 9.69 Å². The SMILES string of the molecule is Nc1ccccc1NC(=O)c1ccc(N2CCC(OC(=S)NCCN3CCOCC3)C2)cc1. The number of ether oxygens (including phenoxy) is 2. The lowest BCUT2D eigenvalue weighted by molar-refractivity contribution is 0.0387. The first-order valence-electron chi connectivity index (χ1n) is 11.3. The van der Waals surface area contributed by atoms with Gasteiger partial charge in [0.1, 0.15) is 6.10 Å². The largest absolute Gasteiger partial charge is 0.466 e. The van der Waals surface area contributed by atoms with E-state index in [0.29, 0.717) is 22.1 Å². The van der Waals surface area contributed by atoms with Crippen LogP contribution in [0.1, 0.15) is 16.8 Å². The van der Waals surface area contributed by atoms with Gasteiger partial charge >= 0.3 is 0 Å². The summed E-state index contributed by atoms with van der Waals surface area (Å²) in [5, 5.41) is 6.52. The number of hydrogen-bond donors (Lipinski definition) is 3. The van der Waals surface area contributed by atoms with E-state index in [0.717, 1.165) is 64.6 Å². The van der Waals surface area contributed by atoms with Gasteiger partial charge < -0.3 is 30.7 Å². The molecule has 2 aliphatic rings. The predicted octanol–water partition coefficient (Wildman–Crippen LogP) is 2.32. The topological polar surface area (TPSA) is 92.1 Å². The number of anilines is 3. The number of nitrogens with two attached hydrogens (primary N) is 1. The first-order valence-corrected chi connectivity index (χ1v) is 11.7. The minimum absolute atomic E-state index is 0.0532. The van der Waals surface area contributed by atoms with E-state index in [9.17, 15) is 4.79 Å². The van der Waals surface area contributed by atoms with Gasteiger partial charge in [-0.2, -0.15) is 0 Å². The van der Waals surface area contributed by atoms with Gasteiger partial charge in [0.2, 0.25) is 0 Å².